The van der Waals surface area contributed by atoms with Gasteiger partial charge >= 0.3 is 12.4 Å². The molecule has 0 N–H and O–H groups in total. The molecule has 0 saturated heterocycles. The van der Waals surface area contributed by atoms with Crippen molar-refractivity contribution in [1.29, 1.82) is 0 Å². The third-order valence-electron chi connectivity index (χ3n) is 6.79. The van der Waals surface area contributed by atoms with E-state index in [-0.39, 0.29) is 28.9 Å². The molecule has 1 heterocycles. The number of nitrogens with zero attached hydrogens (tertiary/aromatic N) is 1. The van der Waals surface area contributed by atoms with Gasteiger partial charge in [0.05, 0.1) is 25.9 Å². The van der Waals surface area contributed by atoms with E-state index in [4.69, 9.17) is 0 Å². The first-order valence-corrected chi connectivity index (χ1v) is 14.2. The molecule has 200 valence electrons. The summed E-state index contributed by atoms with van der Waals surface area (Å²) >= 11 is 0. The molecule has 1 aromatic heterocycles. The van der Waals surface area contributed by atoms with Crippen LogP contribution in [0.1, 0.15) is 50.8 Å². The average molecular weight is 558 g/mol. The largest absolute Gasteiger partial charge is 0.433 e. The number of hydrogen-bond donors (Lipinski definition) is 0. The Bertz CT molecular complexity index is 1300. The van der Waals surface area contributed by atoms with E-state index in [1.807, 2.05) is 0 Å². The molecule has 1 saturated carbocycles. The van der Waals surface area contributed by atoms with Crippen molar-refractivity contribution >= 4 is 19.7 Å². The highest BCUT2D eigenvalue weighted by molar-refractivity contribution is 7.92. The quantitative estimate of drug-likeness (QED) is 0.375. The molecule has 0 atom stereocenters. The fraction of sp³-hybridized carbons (Fsp3) is 0.522. The molecular formula is C23H25F6NO4S2. The van der Waals surface area contributed by atoms with Crippen LogP contribution in [0.4, 0.5) is 26.3 Å². The van der Waals surface area contributed by atoms with Crippen molar-refractivity contribution in [2.45, 2.75) is 66.4 Å². The number of rotatable bonds is 8. The van der Waals surface area contributed by atoms with Crippen molar-refractivity contribution in [2.75, 3.05) is 5.75 Å². The van der Waals surface area contributed by atoms with Crippen molar-refractivity contribution in [3.63, 3.8) is 0 Å². The van der Waals surface area contributed by atoms with E-state index in [0.717, 1.165) is 24.3 Å². The SMILES string of the molecule is CC(C)(C1CC(CCCS(=O)(=O)c2ccc(C(F)(F)F)nc2)C1)S(=O)(=O)c1cccc(C(F)(F)F)c1. The lowest BCUT2D eigenvalue weighted by Crippen LogP contribution is -2.46. The van der Waals surface area contributed by atoms with Crippen LogP contribution in [-0.4, -0.2) is 32.3 Å². The van der Waals surface area contributed by atoms with Crippen LogP contribution in [0.3, 0.4) is 0 Å². The van der Waals surface area contributed by atoms with Gasteiger partial charge in [-0.1, -0.05) is 6.07 Å². The fourth-order valence-corrected chi connectivity index (χ4v) is 7.36. The van der Waals surface area contributed by atoms with Gasteiger partial charge in [-0.2, -0.15) is 26.3 Å². The van der Waals surface area contributed by atoms with Gasteiger partial charge in [0.15, 0.2) is 19.7 Å². The topological polar surface area (TPSA) is 81.2 Å². The lowest BCUT2D eigenvalue weighted by atomic mass is 9.67. The van der Waals surface area contributed by atoms with Crippen LogP contribution in [0.5, 0.6) is 0 Å². The molecule has 2 aromatic rings. The van der Waals surface area contributed by atoms with Crippen molar-refractivity contribution in [2.24, 2.45) is 11.8 Å². The van der Waals surface area contributed by atoms with Crippen molar-refractivity contribution < 1.29 is 43.2 Å². The molecule has 3 rings (SSSR count). The van der Waals surface area contributed by atoms with Crippen LogP contribution >= 0.6 is 0 Å². The Balaban J connectivity index is 1.57. The maximum atomic E-state index is 13.1. The standard InChI is InChI=1S/C23H25F6NO4S2/c1-21(2,36(33,34)18-7-3-6-16(13-18)22(24,25)26)17-11-15(12-17)5-4-10-35(31,32)19-8-9-20(30-14-19)23(27,28)29/h3,6-9,13-15,17H,4-5,10-12H2,1-2H3. The van der Waals surface area contributed by atoms with Crippen LogP contribution in [-0.2, 0) is 32.0 Å². The molecule has 0 radical (unpaired) electrons. The number of alkyl halides is 6. The zero-order valence-corrected chi connectivity index (χ0v) is 21.0. The molecular weight excluding hydrogens is 532 g/mol. The molecule has 36 heavy (non-hydrogen) atoms. The molecule has 0 spiro atoms. The zero-order valence-electron chi connectivity index (χ0n) is 19.4. The van der Waals surface area contributed by atoms with E-state index in [1.165, 1.54) is 13.8 Å². The first kappa shape index (κ1) is 28.4. The second-order valence-corrected chi connectivity index (χ2v) is 14.1. The highest BCUT2D eigenvalue weighted by atomic mass is 32.2. The molecule has 0 amide bonds. The minimum atomic E-state index is -4.68. The van der Waals surface area contributed by atoms with Gasteiger partial charge in [0.25, 0.3) is 0 Å². The first-order valence-electron chi connectivity index (χ1n) is 11.0. The predicted molar refractivity (Wildman–Crippen MR) is 119 cm³/mol. The first-order chi connectivity index (χ1) is 16.4. The summed E-state index contributed by atoms with van der Waals surface area (Å²) in [7, 11) is -7.92. The van der Waals surface area contributed by atoms with Crippen LogP contribution in [0, 0.1) is 11.8 Å². The van der Waals surface area contributed by atoms with E-state index in [9.17, 15) is 43.2 Å². The summed E-state index contributed by atoms with van der Waals surface area (Å²) in [6.45, 7) is 2.96. The van der Waals surface area contributed by atoms with E-state index in [2.05, 4.69) is 4.98 Å². The highest BCUT2D eigenvalue weighted by Gasteiger charge is 2.48. The monoisotopic (exact) mass is 557 g/mol. The van der Waals surface area contributed by atoms with Crippen molar-refractivity contribution in [3.05, 3.63) is 53.9 Å². The Hall–Kier alpha value is -2.15. The van der Waals surface area contributed by atoms with Gasteiger partial charge in [-0.25, -0.2) is 16.8 Å². The van der Waals surface area contributed by atoms with Crippen LogP contribution in [0.15, 0.2) is 52.4 Å². The van der Waals surface area contributed by atoms with Gasteiger partial charge in [0, 0.05) is 6.20 Å². The van der Waals surface area contributed by atoms with E-state index in [1.54, 1.807) is 0 Å². The van der Waals surface area contributed by atoms with Crippen molar-refractivity contribution in [3.8, 4) is 0 Å². The Morgan fingerprint density at radius 2 is 1.53 bits per heavy atom. The highest BCUT2D eigenvalue weighted by Crippen LogP contribution is 2.48. The molecule has 0 unspecified atom stereocenters. The van der Waals surface area contributed by atoms with Gasteiger partial charge < -0.3 is 0 Å². The zero-order chi connectivity index (χ0) is 27.2. The van der Waals surface area contributed by atoms with Gasteiger partial charge in [-0.05, 0) is 81.7 Å². The fourth-order valence-electron chi connectivity index (χ4n) is 4.31. The molecule has 1 aromatic carbocycles. The van der Waals surface area contributed by atoms with E-state index in [0.29, 0.717) is 37.6 Å². The number of halogens is 6. The Kier molecular flexibility index (Phi) is 7.60. The maximum absolute atomic E-state index is 13.1. The van der Waals surface area contributed by atoms with Gasteiger partial charge in [0.2, 0.25) is 0 Å². The number of aromatic nitrogens is 1. The molecule has 0 aliphatic heterocycles. The number of benzene rings is 1. The Morgan fingerprint density at radius 1 is 0.889 bits per heavy atom. The number of pyridine rings is 1. The molecule has 1 aliphatic carbocycles. The third-order valence-corrected chi connectivity index (χ3v) is 11.2. The van der Waals surface area contributed by atoms with Gasteiger partial charge in [0.1, 0.15) is 5.69 Å². The minimum absolute atomic E-state index is 0.0342. The lowest BCUT2D eigenvalue weighted by molar-refractivity contribution is -0.141. The summed E-state index contributed by atoms with van der Waals surface area (Å²) in [5, 5.41) is 0. The normalized spacial score (nSPS) is 19.7. The summed E-state index contributed by atoms with van der Waals surface area (Å²) in [6, 6.07) is 5.11. The summed E-state index contributed by atoms with van der Waals surface area (Å²) in [6.07, 6.45) is -7.05. The third kappa shape index (κ3) is 5.87. The average Bonchev–Trinajstić information content (AvgIpc) is 2.74. The molecule has 5 nitrogen and oxygen atoms in total. The summed E-state index contributed by atoms with van der Waals surface area (Å²) in [4.78, 5) is 2.46. The van der Waals surface area contributed by atoms with Crippen LogP contribution in [0.25, 0.3) is 0 Å². The second-order valence-electron chi connectivity index (χ2n) is 9.50. The van der Waals surface area contributed by atoms with Crippen LogP contribution < -0.4 is 0 Å². The van der Waals surface area contributed by atoms with E-state index < -0.39 is 52.9 Å². The Labute approximate surface area is 205 Å². The summed E-state index contributed by atoms with van der Waals surface area (Å²) in [5.74, 6) is -0.586. The molecule has 13 heteroatoms. The number of sulfone groups is 2. The smallest absolute Gasteiger partial charge is 0.250 e. The van der Waals surface area contributed by atoms with E-state index >= 15 is 0 Å². The van der Waals surface area contributed by atoms with Gasteiger partial charge in [-0.3, -0.25) is 4.98 Å². The summed E-state index contributed by atoms with van der Waals surface area (Å²) < 4.78 is 127. The molecule has 1 aliphatic rings. The van der Waals surface area contributed by atoms with Crippen LogP contribution in [0.2, 0.25) is 0 Å². The Morgan fingerprint density at radius 3 is 2.06 bits per heavy atom. The molecule has 1 fully saturated rings. The number of hydrogen-bond acceptors (Lipinski definition) is 5. The predicted octanol–water partition coefficient (Wildman–Crippen LogP) is 5.95. The molecule has 0 bridgehead atoms. The second kappa shape index (κ2) is 9.62. The lowest BCUT2D eigenvalue weighted by Gasteiger charge is -2.45. The maximum Gasteiger partial charge on any atom is 0.433 e. The summed E-state index contributed by atoms with van der Waals surface area (Å²) in [5.41, 5.74) is -2.24. The van der Waals surface area contributed by atoms with Crippen molar-refractivity contribution in [1.82, 2.24) is 4.98 Å². The van der Waals surface area contributed by atoms with Gasteiger partial charge in [-0.15, -0.1) is 0 Å². The minimum Gasteiger partial charge on any atom is -0.250 e.